The molecule has 1 saturated carbocycles. The zero-order valence-electron chi connectivity index (χ0n) is 18.7. The van der Waals surface area contributed by atoms with Crippen molar-refractivity contribution in [2.24, 2.45) is 16.3 Å². The van der Waals surface area contributed by atoms with E-state index in [1.807, 2.05) is 12.1 Å². The third-order valence-electron chi connectivity index (χ3n) is 6.89. The van der Waals surface area contributed by atoms with Crippen LogP contribution in [-0.2, 0) is 16.3 Å². The summed E-state index contributed by atoms with van der Waals surface area (Å²) in [5.41, 5.74) is -0.332. The highest BCUT2D eigenvalue weighted by atomic mass is 35.5. The largest absolute Gasteiger partial charge is 0.469 e. The second-order valence-electron chi connectivity index (χ2n) is 9.14. The van der Waals surface area contributed by atoms with Gasteiger partial charge >= 0.3 is 0 Å². The first-order chi connectivity index (χ1) is 16.3. The lowest BCUT2D eigenvalue weighted by Crippen LogP contribution is -2.47. The average Bonchev–Trinajstić information content (AvgIpc) is 3.57. The van der Waals surface area contributed by atoms with E-state index >= 15 is 0 Å². The number of aromatic nitrogens is 1. The molecule has 1 fully saturated rings. The van der Waals surface area contributed by atoms with Crippen LogP contribution in [0.4, 0.5) is 0 Å². The van der Waals surface area contributed by atoms with Crippen LogP contribution in [0.1, 0.15) is 31.9 Å². The van der Waals surface area contributed by atoms with Crippen molar-refractivity contribution in [2.45, 2.75) is 42.4 Å². The lowest BCUT2D eigenvalue weighted by atomic mass is 9.72. The van der Waals surface area contributed by atoms with Crippen LogP contribution in [0.25, 0.3) is 0 Å². The Bertz CT molecular complexity index is 1320. The Morgan fingerprint density at radius 2 is 1.97 bits per heavy atom. The van der Waals surface area contributed by atoms with Crippen LogP contribution in [0.2, 0.25) is 5.02 Å². The molecule has 2 aromatic heterocycles. The van der Waals surface area contributed by atoms with Crippen LogP contribution in [0.15, 0.2) is 93.2 Å². The Morgan fingerprint density at radius 3 is 2.68 bits per heavy atom. The van der Waals surface area contributed by atoms with Gasteiger partial charge < -0.3 is 9.15 Å². The van der Waals surface area contributed by atoms with E-state index in [9.17, 15) is 8.42 Å². The third-order valence-corrected chi connectivity index (χ3v) is 9.37. The first-order valence-corrected chi connectivity index (χ1v) is 13.1. The maximum absolute atomic E-state index is 14.2. The maximum Gasteiger partial charge on any atom is 0.219 e. The number of nitrogens with zero attached hydrogens (tertiary/aromatic N) is 2. The Labute approximate surface area is 204 Å². The standard InChI is InChI=1S/C26H25ClN2O4S/c1-25(15-20-7-6-14-32-20)13-5-10-23(25)26(34(30,31)22-8-3-2-4-9-22)16-21(18-29-26)33-24-12-11-19(27)17-28-24/h2-4,6-9,11-12,14,16-18,23H,5,10,13,15H2,1H3. The molecule has 8 heteroatoms. The molecule has 5 rings (SSSR count). The van der Waals surface area contributed by atoms with Crippen molar-refractivity contribution in [3.8, 4) is 5.88 Å². The van der Waals surface area contributed by atoms with Gasteiger partial charge in [-0.2, -0.15) is 0 Å². The van der Waals surface area contributed by atoms with Crippen LogP contribution >= 0.6 is 11.6 Å². The number of rotatable bonds is 7. The highest BCUT2D eigenvalue weighted by molar-refractivity contribution is 7.93. The van der Waals surface area contributed by atoms with Crippen LogP contribution in [0.5, 0.6) is 5.88 Å². The fraction of sp³-hybridized carbons (Fsp3) is 0.308. The number of benzene rings is 1. The molecule has 3 atom stereocenters. The van der Waals surface area contributed by atoms with E-state index in [2.05, 4.69) is 11.9 Å². The summed E-state index contributed by atoms with van der Waals surface area (Å²) in [6.45, 7) is 2.14. The fourth-order valence-corrected chi connectivity index (χ4v) is 7.56. The molecule has 34 heavy (non-hydrogen) atoms. The highest BCUT2D eigenvalue weighted by Crippen LogP contribution is 2.56. The second-order valence-corrected chi connectivity index (χ2v) is 11.7. The molecular weight excluding hydrogens is 472 g/mol. The summed E-state index contributed by atoms with van der Waals surface area (Å²) < 4.78 is 40.0. The summed E-state index contributed by atoms with van der Waals surface area (Å²) in [6, 6.07) is 15.6. The van der Waals surface area contributed by atoms with Gasteiger partial charge in [0.15, 0.2) is 4.87 Å². The molecule has 3 aromatic rings. The fourth-order valence-electron chi connectivity index (χ4n) is 5.32. The van der Waals surface area contributed by atoms with Gasteiger partial charge in [0.25, 0.3) is 0 Å². The first kappa shape index (κ1) is 22.9. The Morgan fingerprint density at radius 1 is 1.15 bits per heavy atom. The number of furan rings is 1. The molecule has 6 nitrogen and oxygen atoms in total. The van der Waals surface area contributed by atoms with E-state index in [-0.39, 0.29) is 16.2 Å². The molecule has 0 bridgehead atoms. The average molecular weight is 497 g/mol. The number of hydrogen-bond acceptors (Lipinski definition) is 6. The lowest BCUT2D eigenvalue weighted by molar-refractivity contribution is 0.182. The molecule has 0 spiro atoms. The van der Waals surface area contributed by atoms with Crippen LogP contribution in [-0.4, -0.2) is 24.5 Å². The van der Waals surface area contributed by atoms with Gasteiger partial charge in [-0.3, -0.25) is 4.99 Å². The predicted octanol–water partition coefficient (Wildman–Crippen LogP) is 5.89. The van der Waals surface area contributed by atoms with Crippen LogP contribution < -0.4 is 4.74 Å². The quantitative estimate of drug-likeness (QED) is 0.407. The molecule has 1 aromatic carbocycles. The Balaban J connectivity index is 1.59. The molecule has 0 amide bonds. The second kappa shape index (κ2) is 8.71. The number of hydrogen-bond donors (Lipinski definition) is 0. The first-order valence-electron chi connectivity index (χ1n) is 11.2. The molecule has 3 unspecified atom stereocenters. The SMILES string of the molecule is CC1(Cc2ccco2)CCCC1C1(S(=O)(=O)c2ccccc2)C=C(Oc2ccc(Cl)cn2)C=N1. The summed E-state index contributed by atoms with van der Waals surface area (Å²) in [5, 5.41) is 0.488. The van der Waals surface area contributed by atoms with Gasteiger partial charge in [0.05, 0.1) is 22.4 Å². The smallest absolute Gasteiger partial charge is 0.219 e. The van der Waals surface area contributed by atoms with E-state index < -0.39 is 14.7 Å². The predicted molar refractivity (Wildman–Crippen MR) is 131 cm³/mol. The molecular formula is C26H25ClN2O4S. The normalized spacial score (nSPS) is 26.5. The van der Waals surface area contributed by atoms with E-state index in [0.29, 0.717) is 23.1 Å². The van der Waals surface area contributed by atoms with Crippen molar-refractivity contribution in [3.63, 3.8) is 0 Å². The summed E-state index contributed by atoms with van der Waals surface area (Å²) in [7, 11) is -3.89. The van der Waals surface area contributed by atoms with E-state index in [1.165, 1.54) is 12.4 Å². The number of halogens is 1. The van der Waals surface area contributed by atoms with Gasteiger partial charge in [0, 0.05) is 30.7 Å². The van der Waals surface area contributed by atoms with Crippen LogP contribution in [0.3, 0.4) is 0 Å². The molecule has 1 aliphatic heterocycles. The van der Waals surface area contributed by atoms with Crippen molar-refractivity contribution in [2.75, 3.05) is 0 Å². The minimum Gasteiger partial charge on any atom is -0.469 e. The van der Waals surface area contributed by atoms with Gasteiger partial charge in [-0.1, -0.05) is 43.1 Å². The number of aliphatic imine (C=N–C) groups is 1. The van der Waals surface area contributed by atoms with Gasteiger partial charge in [-0.25, -0.2) is 13.4 Å². The Hall–Kier alpha value is -2.90. The third kappa shape index (κ3) is 3.97. The van der Waals surface area contributed by atoms with Gasteiger partial charge in [-0.05, 0) is 48.6 Å². The topological polar surface area (TPSA) is 81.8 Å². The molecule has 3 heterocycles. The molecule has 176 valence electrons. The van der Waals surface area contributed by atoms with E-state index in [0.717, 1.165) is 25.0 Å². The van der Waals surface area contributed by atoms with Gasteiger partial charge in [0.1, 0.15) is 11.5 Å². The number of pyridine rings is 1. The van der Waals surface area contributed by atoms with E-state index in [1.54, 1.807) is 54.8 Å². The maximum atomic E-state index is 14.2. The molecule has 0 saturated heterocycles. The number of sulfone groups is 1. The van der Waals surface area contributed by atoms with Crippen LogP contribution in [0, 0.1) is 11.3 Å². The summed E-state index contributed by atoms with van der Waals surface area (Å²) in [5.74, 6) is 1.24. The minimum absolute atomic E-state index is 0.238. The monoisotopic (exact) mass is 496 g/mol. The van der Waals surface area contributed by atoms with Gasteiger partial charge in [0.2, 0.25) is 15.7 Å². The number of allylic oxidation sites excluding steroid dienone is 1. The lowest BCUT2D eigenvalue weighted by Gasteiger charge is -2.40. The molecule has 0 radical (unpaired) electrons. The molecule has 2 aliphatic rings. The highest BCUT2D eigenvalue weighted by Gasteiger charge is 2.59. The zero-order chi connectivity index (χ0) is 23.8. The summed E-state index contributed by atoms with van der Waals surface area (Å²) in [4.78, 5) is 7.61. The van der Waals surface area contributed by atoms with Crippen molar-refractivity contribution in [1.29, 1.82) is 0 Å². The summed E-state index contributed by atoms with van der Waals surface area (Å²) >= 11 is 5.93. The van der Waals surface area contributed by atoms with E-state index in [4.69, 9.17) is 25.7 Å². The minimum atomic E-state index is -3.89. The Kier molecular flexibility index (Phi) is 5.86. The van der Waals surface area contributed by atoms with Crippen molar-refractivity contribution in [3.05, 3.63) is 89.7 Å². The number of ether oxygens (including phenoxy) is 1. The molecule has 1 aliphatic carbocycles. The van der Waals surface area contributed by atoms with Crippen molar-refractivity contribution < 1.29 is 17.6 Å². The van der Waals surface area contributed by atoms with Gasteiger partial charge in [-0.15, -0.1) is 0 Å². The van der Waals surface area contributed by atoms with Crippen molar-refractivity contribution >= 4 is 27.7 Å². The molecule has 0 N–H and O–H groups in total. The summed E-state index contributed by atoms with van der Waals surface area (Å²) in [6.07, 6.45) is 9.44. The zero-order valence-corrected chi connectivity index (χ0v) is 20.3. The van der Waals surface area contributed by atoms with Crippen molar-refractivity contribution in [1.82, 2.24) is 4.98 Å².